The average molecular weight is 312 g/mol. The number of hydrogen-bond acceptors (Lipinski definition) is 3. The van der Waals surface area contributed by atoms with E-state index in [1.165, 1.54) is 0 Å². The summed E-state index contributed by atoms with van der Waals surface area (Å²) in [6.07, 6.45) is 11.9. The van der Waals surface area contributed by atoms with E-state index in [9.17, 15) is 15.0 Å². The Hall–Kier alpha value is -0.870. The van der Waals surface area contributed by atoms with Crippen LogP contribution in [-0.4, -0.2) is 33.5 Å². The average Bonchev–Trinajstić information content (AvgIpc) is 2.83. The second kappa shape index (κ2) is 10.8. The van der Waals surface area contributed by atoms with Gasteiger partial charge in [0.1, 0.15) is 0 Å². The summed E-state index contributed by atoms with van der Waals surface area (Å²) < 4.78 is 0. The first-order chi connectivity index (χ1) is 10.5. The molecule has 1 aliphatic carbocycles. The van der Waals surface area contributed by atoms with E-state index >= 15 is 0 Å². The molecule has 1 fully saturated rings. The monoisotopic (exact) mass is 312 g/mol. The molecule has 1 aliphatic rings. The Morgan fingerprint density at radius 1 is 1.23 bits per heavy atom. The Labute approximate surface area is 134 Å². The molecule has 0 heterocycles. The maximum atomic E-state index is 10.5. The van der Waals surface area contributed by atoms with Gasteiger partial charge in [-0.05, 0) is 43.9 Å². The third-order valence-electron chi connectivity index (χ3n) is 4.70. The molecule has 128 valence electrons. The topological polar surface area (TPSA) is 77.8 Å². The molecule has 0 spiro atoms. The number of rotatable bonds is 11. The molecule has 1 rings (SSSR count). The molecule has 4 heteroatoms. The van der Waals surface area contributed by atoms with Gasteiger partial charge in [-0.2, -0.15) is 0 Å². The molecule has 0 saturated heterocycles. The SMILES string of the molecule is CCCCC(O)/C=C/C1CCC(O)C1CCCCCC(=O)O. The third-order valence-corrected chi connectivity index (χ3v) is 4.70. The number of hydrogen-bond donors (Lipinski definition) is 3. The fourth-order valence-corrected chi connectivity index (χ4v) is 3.34. The van der Waals surface area contributed by atoms with Gasteiger partial charge >= 0.3 is 5.97 Å². The highest BCUT2D eigenvalue weighted by Gasteiger charge is 2.32. The second-order valence-electron chi connectivity index (χ2n) is 6.56. The van der Waals surface area contributed by atoms with Crippen molar-refractivity contribution < 1.29 is 20.1 Å². The number of aliphatic carboxylic acids is 1. The molecule has 4 atom stereocenters. The maximum Gasteiger partial charge on any atom is 0.303 e. The third kappa shape index (κ3) is 7.41. The molecular weight excluding hydrogens is 280 g/mol. The van der Waals surface area contributed by atoms with Crippen molar-refractivity contribution in [3.63, 3.8) is 0 Å². The van der Waals surface area contributed by atoms with Gasteiger partial charge in [0.2, 0.25) is 0 Å². The molecule has 0 aromatic carbocycles. The highest BCUT2D eigenvalue weighted by molar-refractivity contribution is 5.66. The highest BCUT2D eigenvalue weighted by atomic mass is 16.4. The summed E-state index contributed by atoms with van der Waals surface area (Å²) in [6, 6.07) is 0. The van der Waals surface area contributed by atoms with E-state index in [-0.39, 0.29) is 24.5 Å². The zero-order chi connectivity index (χ0) is 16.4. The van der Waals surface area contributed by atoms with E-state index in [0.717, 1.165) is 51.4 Å². The summed E-state index contributed by atoms with van der Waals surface area (Å²) in [5, 5.41) is 28.6. The Morgan fingerprint density at radius 3 is 2.68 bits per heavy atom. The number of carbonyl (C=O) groups is 1. The van der Waals surface area contributed by atoms with Crippen LogP contribution in [0, 0.1) is 11.8 Å². The van der Waals surface area contributed by atoms with Gasteiger partial charge in [-0.3, -0.25) is 4.79 Å². The minimum atomic E-state index is -0.734. The Bertz CT molecular complexity index is 340. The predicted octanol–water partition coefficient (Wildman–Crippen LogP) is 3.52. The van der Waals surface area contributed by atoms with E-state index in [4.69, 9.17) is 5.11 Å². The standard InChI is InChI=1S/C18H32O4/c1-2-3-7-15(19)12-10-14-11-13-17(20)16(14)8-5-4-6-9-18(21)22/h10,12,14-17,19-20H,2-9,11,13H2,1H3,(H,21,22)/b12-10+. The van der Waals surface area contributed by atoms with Crippen LogP contribution in [0.5, 0.6) is 0 Å². The van der Waals surface area contributed by atoms with E-state index in [2.05, 4.69) is 13.0 Å². The van der Waals surface area contributed by atoms with Crippen molar-refractivity contribution in [3.8, 4) is 0 Å². The lowest BCUT2D eigenvalue weighted by molar-refractivity contribution is -0.137. The molecule has 3 N–H and O–H groups in total. The van der Waals surface area contributed by atoms with Crippen LogP contribution in [0.4, 0.5) is 0 Å². The summed E-state index contributed by atoms with van der Waals surface area (Å²) in [5.41, 5.74) is 0. The first kappa shape index (κ1) is 19.2. The predicted molar refractivity (Wildman–Crippen MR) is 87.6 cm³/mol. The summed E-state index contributed by atoms with van der Waals surface area (Å²) in [5.74, 6) is -0.118. The molecule has 1 saturated carbocycles. The van der Waals surface area contributed by atoms with Crippen LogP contribution in [0.1, 0.15) is 71.1 Å². The number of unbranched alkanes of at least 4 members (excludes halogenated alkanes) is 3. The zero-order valence-electron chi connectivity index (χ0n) is 13.8. The van der Waals surface area contributed by atoms with Crippen molar-refractivity contribution >= 4 is 5.97 Å². The molecule has 22 heavy (non-hydrogen) atoms. The second-order valence-corrected chi connectivity index (χ2v) is 6.56. The van der Waals surface area contributed by atoms with Gasteiger partial charge in [-0.15, -0.1) is 0 Å². The first-order valence-corrected chi connectivity index (χ1v) is 8.80. The van der Waals surface area contributed by atoms with Gasteiger partial charge in [-0.1, -0.05) is 44.8 Å². The lowest BCUT2D eigenvalue weighted by Gasteiger charge is -2.20. The first-order valence-electron chi connectivity index (χ1n) is 8.80. The normalized spacial score (nSPS) is 26.6. The molecule has 0 aromatic rings. The van der Waals surface area contributed by atoms with Gasteiger partial charge in [0, 0.05) is 6.42 Å². The van der Waals surface area contributed by atoms with Crippen molar-refractivity contribution in [1.29, 1.82) is 0 Å². The summed E-state index contributed by atoms with van der Waals surface area (Å²) in [7, 11) is 0. The van der Waals surface area contributed by atoms with E-state index < -0.39 is 5.97 Å². The zero-order valence-corrected chi connectivity index (χ0v) is 13.8. The van der Waals surface area contributed by atoms with Crippen molar-refractivity contribution in [3.05, 3.63) is 12.2 Å². The van der Waals surface area contributed by atoms with E-state index in [1.807, 2.05) is 6.08 Å². The fraction of sp³-hybridized carbons (Fsp3) is 0.833. The molecule has 4 unspecified atom stereocenters. The van der Waals surface area contributed by atoms with Crippen LogP contribution in [0.25, 0.3) is 0 Å². The maximum absolute atomic E-state index is 10.5. The fourth-order valence-electron chi connectivity index (χ4n) is 3.34. The minimum Gasteiger partial charge on any atom is -0.481 e. The number of aliphatic hydroxyl groups is 2. The van der Waals surface area contributed by atoms with Gasteiger partial charge in [0.25, 0.3) is 0 Å². The highest BCUT2D eigenvalue weighted by Crippen LogP contribution is 2.36. The largest absolute Gasteiger partial charge is 0.481 e. The molecule has 0 aromatic heterocycles. The molecule has 0 radical (unpaired) electrons. The molecular formula is C18H32O4. The molecule has 0 amide bonds. The van der Waals surface area contributed by atoms with Crippen molar-refractivity contribution in [2.24, 2.45) is 11.8 Å². The van der Waals surface area contributed by atoms with Crippen molar-refractivity contribution in [2.75, 3.05) is 0 Å². The number of aliphatic hydroxyl groups excluding tert-OH is 2. The van der Waals surface area contributed by atoms with Crippen molar-refractivity contribution in [2.45, 2.75) is 83.3 Å². The lowest BCUT2D eigenvalue weighted by atomic mass is 9.88. The molecule has 0 aliphatic heterocycles. The van der Waals surface area contributed by atoms with Gasteiger partial charge < -0.3 is 15.3 Å². The smallest absolute Gasteiger partial charge is 0.303 e. The number of carboxylic acids is 1. The van der Waals surface area contributed by atoms with E-state index in [1.54, 1.807) is 0 Å². The van der Waals surface area contributed by atoms with Gasteiger partial charge in [0.15, 0.2) is 0 Å². The lowest BCUT2D eigenvalue weighted by Crippen LogP contribution is -2.18. The quantitative estimate of drug-likeness (QED) is 0.403. The van der Waals surface area contributed by atoms with Crippen LogP contribution in [-0.2, 0) is 4.79 Å². The van der Waals surface area contributed by atoms with Crippen molar-refractivity contribution in [1.82, 2.24) is 0 Å². The molecule has 0 bridgehead atoms. The van der Waals surface area contributed by atoms with Gasteiger partial charge in [-0.25, -0.2) is 0 Å². The van der Waals surface area contributed by atoms with Crippen LogP contribution >= 0.6 is 0 Å². The van der Waals surface area contributed by atoms with Crippen LogP contribution in [0.15, 0.2) is 12.2 Å². The minimum absolute atomic E-state index is 0.236. The van der Waals surface area contributed by atoms with Crippen LogP contribution < -0.4 is 0 Å². The molecule has 4 nitrogen and oxygen atoms in total. The van der Waals surface area contributed by atoms with E-state index in [0.29, 0.717) is 12.3 Å². The Morgan fingerprint density at radius 2 is 2.00 bits per heavy atom. The summed E-state index contributed by atoms with van der Waals surface area (Å²) >= 11 is 0. The number of carboxylic acid groups (broad SMARTS) is 1. The Balaban J connectivity index is 2.32. The van der Waals surface area contributed by atoms with Crippen LogP contribution in [0.2, 0.25) is 0 Å². The number of allylic oxidation sites excluding steroid dienone is 1. The summed E-state index contributed by atoms with van der Waals surface area (Å²) in [4.78, 5) is 10.5. The van der Waals surface area contributed by atoms with Gasteiger partial charge in [0.05, 0.1) is 12.2 Å². The summed E-state index contributed by atoms with van der Waals surface area (Å²) in [6.45, 7) is 2.12. The Kier molecular flexibility index (Phi) is 9.41. The van der Waals surface area contributed by atoms with Crippen LogP contribution in [0.3, 0.4) is 0 Å².